The number of ether oxygens (including phenoxy) is 7. The molecule has 4 aromatic carbocycles. The van der Waals surface area contributed by atoms with E-state index >= 15 is 0 Å². The van der Waals surface area contributed by atoms with Crippen LogP contribution in [0, 0.1) is 5.92 Å². The molecule has 4 aromatic rings. The number of benzene rings is 4. The zero-order valence-electron chi connectivity index (χ0n) is 26.4. The van der Waals surface area contributed by atoms with Gasteiger partial charge in [-0.1, -0.05) is 48.6 Å². The molecule has 0 aliphatic heterocycles. The van der Waals surface area contributed by atoms with Crippen molar-refractivity contribution in [1.82, 2.24) is 0 Å². The summed E-state index contributed by atoms with van der Waals surface area (Å²) in [5.74, 6) is 3.72. The maximum Gasteiger partial charge on any atom is 0.302 e. The third-order valence-electron chi connectivity index (χ3n) is 7.08. The fraction of sp³-hybridized carbons (Fsp3) is 0.270. The quantitative estimate of drug-likeness (QED) is 0.122. The second kappa shape index (κ2) is 16.7. The number of hydrogen-bond acceptors (Lipinski definition) is 8. The van der Waals surface area contributed by atoms with Crippen molar-refractivity contribution in [1.29, 1.82) is 0 Å². The molecule has 0 saturated carbocycles. The van der Waals surface area contributed by atoms with E-state index in [-0.39, 0.29) is 18.5 Å². The lowest BCUT2D eigenvalue weighted by atomic mass is 9.98. The average molecular weight is 613 g/mol. The van der Waals surface area contributed by atoms with Gasteiger partial charge in [-0.2, -0.15) is 0 Å². The van der Waals surface area contributed by atoms with E-state index in [9.17, 15) is 4.79 Å². The van der Waals surface area contributed by atoms with Gasteiger partial charge in [0.2, 0.25) is 0 Å². The lowest BCUT2D eigenvalue weighted by molar-refractivity contribution is -0.141. The van der Waals surface area contributed by atoms with Crippen LogP contribution >= 0.6 is 0 Å². The Balaban J connectivity index is 1.42. The number of carbonyl (C=O) groups excluding carboxylic acids is 1. The summed E-state index contributed by atoms with van der Waals surface area (Å²) in [7, 11) is 6.51. The lowest BCUT2D eigenvalue weighted by Crippen LogP contribution is -2.13. The van der Waals surface area contributed by atoms with Crippen molar-refractivity contribution in [3.63, 3.8) is 0 Å². The summed E-state index contributed by atoms with van der Waals surface area (Å²) in [4.78, 5) is 11.6. The molecule has 0 N–H and O–H groups in total. The highest BCUT2D eigenvalue weighted by atomic mass is 16.5. The van der Waals surface area contributed by atoms with Crippen LogP contribution in [0.4, 0.5) is 0 Å². The summed E-state index contributed by atoms with van der Waals surface area (Å²) in [6.07, 6.45) is 4.66. The molecule has 0 saturated heterocycles. The minimum atomic E-state index is -0.326. The summed E-state index contributed by atoms with van der Waals surface area (Å²) in [6.45, 7) is 2.44. The first-order chi connectivity index (χ1) is 21.9. The fourth-order valence-corrected chi connectivity index (χ4v) is 4.59. The van der Waals surface area contributed by atoms with Crippen LogP contribution in [-0.4, -0.2) is 41.0 Å². The van der Waals surface area contributed by atoms with Gasteiger partial charge in [-0.05, 0) is 77.2 Å². The van der Waals surface area contributed by atoms with Gasteiger partial charge in [-0.3, -0.25) is 4.79 Å². The van der Waals surface area contributed by atoms with E-state index < -0.39 is 0 Å². The van der Waals surface area contributed by atoms with E-state index in [1.165, 1.54) is 6.92 Å². The minimum absolute atomic E-state index is 0.0818. The first-order valence-electron chi connectivity index (χ1n) is 14.6. The highest BCUT2D eigenvalue weighted by Crippen LogP contribution is 2.32. The number of esters is 1. The number of methoxy groups -OCH3 is 4. The predicted octanol–water partition coefficient (Wildman–Crippen LogP) is 7.31. The van der Waals surface area contributed by atoms with Crippen LogP contribution in [0.1, 0.15) is 29.2 Å². The van der Waals surface area contributed by atoms with Crippen molar-refractivity contribution in [2.75, 3.05) is 35.0 Å². The molecule has 0 aliphatic rings. The van der Waals surface area contributed by atoms with Gasteiger partial charge in [-0.15, -0.1) is 0 Å². The molecular formula is C37H40O8. The molecule has 45 heavy (non-hydrogen) atoms. The van der Waals surface area contributed by atoms with Crippen molar-refractivity contribution < 1.29 is 38.0 Å². The molecule has 0 fully saturated rings. The molecule has 236 valence electrons. The van der Waals surface area contributed by atoms with Crippen LogP contribution in [-0.2, 0) is 29.2 Å². The maximum absolute atomic E-state index is 11.6. The van der Waals surface area contributed by atoms with Gasteiger partial charge in [0.05, 0.1) is 35.0 Å². The zero-order chi connectivity index (χ0) is 32.0. The molecule has 0 aromatic heterocycles. The van der Waals surface area contributed by atoms with E-state index in [2.05, 4.69) is 0 Å². The normalized spacial score (nSPS) is 11.5. The first-order valence-corrected chi connectivity index (χ1v) is 14.6. The van der Waals surface area contributed by atoms with Gasteiger partial charge >= 0.3 is 5.97 Å². The fourth-order valence-electron chi connectivity index (χ4n) is 4.59. The Hall–Kier alpha value is -5.11. The molecule has 4 rings (SSSR count). The second-order valence-electron chi connectivity index (χ2n) is 10.3. The molecule has 0 amide bonds. The molecule has 8 nitrogen and oxygen atoms in total. The maximum atomic E-state index is 11.6. The monoisotopic (exact) mass is 612 g/mol. The largest absolute Gasteiger partial charge is 0.497 e. The van der Waals surface area contributed by atoms with Gasteiger partial charge in [0.25, 0.3) is 0 Å². The van der Waals surface area contributed by atoms with E-state index in [0.717, 1.165) is 33.8 Å². The highest BCUT2D eigenvalue weighted by molar-refractivity contribution is 5.66. The predicted molar refractivity (Wildman–Crippen MR) is 174 cm³/mol. The van der Waals surface area contributed by atoms with Gasteiger partial charge in [0.15, 0.2) is 23.0 Å². The number of hydrogen-bond donors (Lipinski definition) is 0. The Kier molecular flexibility index (Phi) is 12.1. The lowest BCUT2D eigenvalue weighted by Gasteiger charge is -2.16. The van der Waals surface area contributed by atoms with Crippen molar-refractivity contribution >= 4 is 12.0 Å². The SMILES string of the molecule is COc1ccc(COc2ccc(/C=C/C(COC(C)=O)Cc3ccc(OCc4ccc(OC)cc4)c(OC)c3)cc2OC)cc1. The molecule has 0 radical (unpaired) electrons. The highest BCUT2D eigenvalue weighted by Gasteiger charge is 2.13. The third-order valence-corrected chi connectivity index (χ3v) is 7.08. The Bertz CT molecular complexity index is 1540. The number of carbonyl (C=O) groups is 1. The summed E-state index contributed by atoms with van der Waals surface area (Å²) < 4.78 is 39.1. The summed E-state index contributed by atoms with van der Waals surface area (Å²) >= 11 is 0. The molecular weight excluding hydrogens is 572 g/mol. The van der Waals surface area contributed by atoms with Crippen LogP contribution in [0.2, 0.25) is 0 Å². The van der Waals surface area contributed by atoms with Crippen LogP contribution < -0.4 is 28.4 Å². The third kappa shape index (κ3) is 9.96. The molecule has 1 atom stereocenters. The molecule has 0 aliphatic carbocycles. The standard InChI is InChI=1S/C37H40O8/c1-26(38)43-25-31(20-30-13-19-35(37(22-30)42-5)45-24-29-10-16-33(40-3)17-11-29)7-6-27-12-18-34(36(21-27)41-4)44-23-28-8-14-32(39-2)15-9-28/h6-19,21-22,31H,20,23-25H2,1-5H3/b7-6+. The van der Waals surface area contributed by atoms with E-state index in [1.807, 2.05) is 97.1 Å². The molecule has 1 unspecified atom stereocenters. The second-order valence-corrected chi connectivity index (χ2v) is 10.3. The summed E-state index contributed by atoms with van der Waals surface area (Å²) in [5.41, 5.74) is 3.98. The van der Waals surface area contributed by atoms with Gasteiger partial charge in [0, 0.05) is 12.8 Å². The van der Waals surface area contributed by atoms with Crippen LogP contribution in [0.25, 0.3) is 6.08 Å². The zero-order valence-corrected chi connectivity index (χ0v) is 26.4. The Morgan fingerprint density at radius 1 is 0.622 bits per heavy atom. The average Bonchev–Trinajstić information content (AvgIpc) is 3.08. The van der Waals surface area contributed by atoms with Crippen molar-refractivity contribution in [2.45, 2.75) is 26.6 Å². The summed E-state index contributed by atoms with van der Waals surface area (Å²) in [5, 5.41) is 0. The molecule has 8 heteroatoms. The Morgan fingerprint density at radius 3 is 1.64 bits per heavy atom. The van der Waals surface area contributed by atoms with Crippen LogP contribution in [0.5, 0.6) is 34.5 Å². The smallest absolute Gasteiger partial charge is 0.302 e. The minimum Gasteiger partial charge on any atom is -0.497 e. The first kappa shape index (κ1) is 32.8. The molecule has 0 heterocycles. The van der Waals surface area contributed by atoms with Gasteiger partial charge in [0.1, 0.15) is 24.7 Å². The number of rotatable bonds is 16. The van der Waals surface area contributed by atoms with E-state index in [1.54, 1.807) is 28.4 Å². The van der Waals surface area contributed by atoms with Crippen LogP contribution in [0.3, 0.4) is 0 Å². The Labute approximate surface area is 265 Å². The molecule has 0 spiro atoms. The van der Waals surface area contributed by atoms with Crippen molar-refractivity contribution in [3.8, 4) is 34.5 Å². The topological polar surface area (TPSA) is 81.7 Å². The Morgan fingerprint density at radius 2 is 1.13 bits per heavy atom. The van der Waals surface area contributed by atoms with Gasteiger partial charge in [-0.25, -0.2) is 0 Å². The van der Waals surface area contributed by atoms with Crippen molar-refractivity contribution in [2.24, 2.45) is 5.92 Å². The summed E-state index contributed by atoms with van der Waals surface area (Å²) in [6, 6.07) is 27.1. The van der Waals surface area contributed by atoms with Crippen LogP contribution in [0.15, 0.2) is 91.0 Å². The van der Waals surface area contributed by atoms with E-state index in [4.69, 9.17) is 33.2 Å². The molecule has 0 bridgehead atoms. The van der Waals surface area contributed by atoms with E-state index in [0.29, 0.717) is 42.6 Å². The van der Waals surface area contributed by atoms with Crippen molar-refractivity contribution in [3.05, 3.63) is 113 Å². The van der Waals surface area contributed by atoms with Gasteiger partial charge < -0.3 is 33.2 Å².